The van der Waals surface area contributed by atoms with E-state index >= 15 is 0 Å². The Labute approximate surface area is 145 Å². The molecular weight excluding hydrogens is 316 g/mol. The third-order valence-electron chi connectivity index (χ3n) is 4.66. The number of amides is 1. The molecule has 2 atom stereocenters. The van der Waals surface area contributed by atoms with E-state index in [0.29, 0.717) is 23.3 Å². The van der Waals surface area contributed by atoms with Crippen molar-refractivity contribution in [2.45, 2.75) is 12.3 Å². The second-order valence-corrected chi connectivity index (χ2v) is 6.47. The van der Waals surface area contributed by atoms with Crippen molar-refractivity contribution in [1.82, 2.24) is 25.3 Å². The van der Waals surface area contributed by atoms with Crippen molar-refractivity contribution in [3.05, 3.63) is 48.5 Å². The summed E-state index contributed by atoms with van der Waals surface area (Å²) in [6, 6.07) is 10.5. The number of rotatable bonds is 6. The summed E-state index contributed by atoms with van der Waals surface area (Å²) in [6.07, 6.45) is 4.18. The molecule has 25 heavy (non-hydrogen) atoms. The Kier molecular flexibility index (Phi) is 4.05. The molecule has 1 fully saturated rings. The summed E-state index contributed by atoms with van der Waals surface area (Å²) in [4.78, 5) is 29.5. The number of nitrogens with one attached hydrogen (secondary N) is 2. The molecule has 2 aromatic heterocycles. The zero-order chi connectivity index (χ0) is 17.2. The minimum atomic E-state index is -0.00695. The third-order valence-corrected chi connectivity index (χ3v) is 4.66. The van der Waals surface area contributed by atoms with Gasteiger partial charge in [-0.3, -0.25) is 4.79 Å². The van der Waals surface area contributed by atoms with Crippen LogP contribution in [0.25, 0.3) is 11.2 Å². The molecule has 1 saturated carbocycles. The van der Waals surface area contributed by atoms with Gasteiger partial charge in [-0.1, -0.05) is 30.3 Å². The molecule has 3 aromatic rings. The molecule has 0 aliphatic heterocycles. The van der Waals surface area contributed by atoms with Gasteiger partial charge >= 0.3 is 0 Å². The van der Waals surface area contributed by atoms with E-state index in [1.54, 1.807) is 11.2 Å². The zero-order valence-corrected chi connectivity index (χ0v) is 14.0. The first-order valence-electron chi connectivity index (χ1n) is 8.39. The maximum absolute atomic E-state index is 12.3. The average Bonchev–Trinajstić information content (AvgIpc) is 3.26. The lowest BCUT2D eigenvalue weighted by Gasteiger charge is -2.17. The Hall–Kier alpha value is -2.96. The number of nitrogens with zero attached hydrogens (tertiary/aromatic N) is 4. The van der Waals surface area contributed by atoms with Gasteiger partial charge in [-0.25, -0.2) is 15.0 Å². The number of carbonyl (C=O) groups is 1. The Bertz CT molecular complexity index is 877. The van der Waals surface area contributed by atoms with Crippen molar-refractivity contribution in [3.8, 4) is 0 Å². The number of aromatic amines is 1. The van der Waals surface area contributed by atoms with Gasteiger partial charge in [0, 0.05) is 13.6 Å². The summed E-state index contributed by atoms with van der Waals surface area (Å²) in [5.41, 5.74) is 2.70. The van der Waals surface area contributed by atoms with E-state index in [2.05, 4.69) is 49.5 Å². The SMILES string of the molecule is CN(CC(=O)NC[C@H]1C[C@@H]1c1ccccc1)c1ncnc2nc[nH]c12. The molecule has 0 radical (unpaired) electrons. The highest BCUT2D eigenvalue weighted by molar-refractivity contribution is 5.86. The van der Waals surface area contributed by atoms with Crippen LogP contribution in [0.5, 0.6) is 0 Å². The van der Waals surface area contributed by atoms with Gasteiger partial charge in [0.05, 0.1) is 12.9 Å². The van der Waals surface area contributed by atoms with Gasteiger partial charge < -0.3 is 15.2 Å². The standard InChI is InChI=1S/C18H20N6O/c1-24(18-16-17(21-10-20-16)22-11-23-18)9-15(25)19-8-13-7-14(13)12-5-3-2-4-6-12/h2-6,10-11,13-14H,7-9H2,1H3,(H,19,25)(H,20,21,22,23)/t13-,14-/m1/s1. The molecule has 0 unspecified atom stereocenters. The third kappa shape index (κ3) is 3.31. The van der Waals surface area contributed by atoms with E-state index < -0.39 is 0 Å². The molecule has 1 aliphatic carbocycles. The molecule has 0 bridgehead atoms. The lowest BCUT2D eigenvalue weighted by Crippen LogP contribution is -2.36. The Morgan fingerprint density at radius 1 is 1.28 bits per heavy atom. The Morgan fingerprint density at radius 3 is 2.96 bits per heavy atom. The Balaban J connectivity index is 1.30. The van der Waals surface area contributed by atoms with E-state index in [0.717, 1.165) is 18.5 Å². The fourth-order valence-electron chi connectivity index (χ4n) is 3.21. The highest BCUT2D eigenvalue weighted by atomic mass is 16.2. The molecule has 0 spiro atoms. The number of hydrogen-bond acceptors (Lipinski definition) is 5. The number of anilines is 1. The summed E-state index contributed by atoms with van der Waals surface area (Å²) < 4.78 is 0. The fraction of sp³-hybridized carbons (Fsp3) is 0.333. The normalized spacial score (nSPS) is 18.9. The summed E-state index contributed by atoms with van der Waals surface area (Å²) in [7, 11) is 1.84. The minimum Gasteiger partial charge on any atom is -0.354 e. The van der Waals surface area contributed by atoms with Gasteiger partial charge in [0.2, 0.25) is 5.91 Å². The van der Waals surface area contributed by atoms with Crippen molar-refractivity contribution >= 4 is 22.9 Å². The van der Waals surface area contributed by atoms with Crippen LogP contribution in [0.4, 0.5) is 5.82 Å². The van der Waals surface area contributed by atoms with Crippen molar-refractivity contribution < 1.29 is 4.79 Å². The summed E-state index contributed by atoms with van der Waals surface area (Å²) >= 11 is 0. The second kappa shape index (κ2) is 6.51. The van der Waals surface area contributed by atoms with Crippen LogP contribution in [0.3, 0.4) is 0 Å². The molecular formula is C18H20N6O. The smallest absolute Gasteiger partial charge is 0.239 e. The number of aromatic nitrogens is 4. The lowest BCUT2D eigenvalue weighted by atomic mass is 10.1. The molecule has 7 nitrogen and oxygen atoms in total. The average molecular weight is 336 g/mol. The van der Waals surface area contributed by atoms with Gasteiger partial charge in [-0.2, -0.15) is 0 Å². The van der Waals surface area contributed by atoms with E-state index in [1.807, 2.05) is 13.1 Å². The van der Waals surface area contributed by atoms with Crippen LogP contribution >= 0.6 is 0 Å². The van der Waals surface area contributed by atoms with Crippen molar-refractivity contribution in [3.63, 3.8) is 0 Å². The van der Waals surface area contributed by atoms with Crippen LogP contribution in [0.2, 0.25) is 0 Å². The zero-order valence-electron chi connectivity index (χ0n) is 14.0. The van der Waals surface area contributed by atoms with Crippen LogP contribution in [0.15, 0.2) is 43.0 Å². The van der Waals surface area contributed by atoms with Gasteiger partial charge in [0.25, 0.3) is 0 Å². The van der Waals surface area contributed by atoms with E-state index in [4.69, 9.17) is 0 Å². The number of fused-ring (bicyclic) bond motifs is 1. The maximum atomic E-state index is 12.3. The molecule has 1 aliphatic rings. The van der Waals surface area contributed by atoms with Crippen molar-refractivity contribution in [1.29, 1.82) is 0 Å². The minimum absolute atomic E-state index is 0.00695. The predicted molar refractivity (Wildman–Crippen MR) is 95.3 cm³/mol. The predicted octanol–water partition coefficient (Wildman–Crippen LogP) is 1.71. The first-order valence-corrected chi connectivity index (χ1v) is 8.39. The van der Waals surface area contributed by atoms with Gasteiger partial charge in [0.1, 0.15) is 11.8 Å². The molecule has 7 heteroatoms. The highest BCUT2D eigenvalue weighted by Gasteiger charge is 2.38. The van der Waals surface area contributed by atoms with Gasteiger partial charge in [0.15, 0.2) is 11.5 Å². The molecule has 128 valence electrons. The van der Waals surface area contributed by atoms with Crippen molar-refractivity contribution in [2.75, 3.05) is 25.0 Å². The summed E-state index contributed by atoms with van der Waals surface area (Å²) in [5.74, 6) is 1.78. The highest BCUT2D eigenvalue weighted by Crippen LogP contribution is 2.46. The van der Waals surface area contributed by atoms with Crippen molar-refractivity contribution in [2.24, 2.45) is 5.92 Å². The van der Waals surface area contributed by atoms with E-state index in [1.165, 1.54) is 11.9 Å². The van der Waals surface area contributed by atoms with Crippen LogP contribution in [0.1, 0.15) is 17.9 Å². The number of imidazole rings is 1. The van der Waals surface area contributed by atoms with Gasteiger partial charge in [-0.15, -0.1) is 0 Å². The van der Waals surface area contributed by atoms with Crippen LogP contribution in [0, 0.1) is 5.92 Å². The van der Waals surface area contributed by atoms with Crippen LogP contribution in [-0.4, -0.2) is 46.0 Å². The number of carbonyl (C=O) groups excluding carboxylic acids is 1. The van der Waals surface area contributed by atoms with Gasteiger partial charge in [-0.05, 0) is 23.8 Å². The largest absolute Gasteiger partial charge is 0.354 e. The molecule has 2 heterocycles. The molecule has 1 aromatic carbocycles. The maximum Gasteiger partial charge on any atom is 0.239 e. The lowest BCUT2D eigenvalue weighted by molar-refractivity contribution is -0.119. The second-order valence-electron chi connectivity index (χ2n) is 6.47. The number of hydrogen-bond donors (Lipinski definition) is 2. The number of H-pyrrole nitrogens is 1. The number of benzene rings is 1. The first-order chi connectivity index (χ1) is 12.2. The van der Waals surface area contributed by atoms with Crippen LogP contribution in [-0.2, 0) is 4.79 Å². The number of likely N-dealkylation sites (N-methyl/N-ethyl adjacent to an activating group) is 1. The van der Waals surface area contributed by atoms with E-state index in [-0.39, 0.29) is 12.5 Å². The quantitative estimate of drug-likeness (QED) is 0.715. The molecule has 1 amide bonds. The molecule has 4 rings (SSSR count). The summed E-state index contributed by atoms with van der Waals surface area (Å²) in [6.45, 7) is 0.962. The van der Waals surface area contributed by atoms with E-state index in [9.17, 15) is 4.79 Å². The topological polar surface area (TPSA) is 86.8 Å². The fourth-order valence-corrected chi connectivity index (χ4v) is 3.21. The molecule has 0 saturated heterocycles. The Morgan fingerprint density at radius 2 is 2.12 bits per heavy atom. The molecule has 2 N–H and O–H groups in total. The summed E-state index contributed by atoms with van der Waals surface area (Å²) in [5, 5.41) is 3.04. The van der Waals surface area contributed by atoms with Crippen LogP contribution < -0.4 is 10.2 Å². The first kappa shape index (κ1) is 15.6. The monoisotopic (exact) mass is 336 g/mol.